The second-order valence-electron chi connectivity index (χ2n) is 2.68. The molecule has 0 saturated carbocycles. The molecule has 0 aromatic heterocycles. The molecule has 0 aliphatic carbocycles. The van der Waals surface area contributed by atoms with Crippen molar-refractivity contribution in [1.29, 1.82) is 0 Å². The largest absolute Gasteiger partial charge is 0.316 e. The van der Waals surface area contributed by atoms with E-state index in [0.717, 1.165) is 12.2 Å². The predicted molar refractivity (Wildman–Crippen MR) is 51.0 cm³/mol. The molecule has 3 heteroatoms. The SMILES string of the molecule is C=CCC1=CC(C(N)N)CS1. The third-order valence-electron chi connectivity index (χ3n) is 1.70. The van der Waals surface area contributed by atoms with E-state index >= 15 is 0 Å². The monoisotopic (exact) mass is 170 g/mol. The van der Waals surface area contributed by atoms with Gasteiger partial charge in [0.25, 0.3) is 0 Å². The van der Waals surface area contributed by atoms with Crippen LogP contribution in [-0.2, 0) is 0 Å². The number of hydrogen-bond acceptors (Lipinski definition) is 3. The maximum atomic E-state index is 5.55. The van der Waals surface area contributed by atoms with Gasteiger partial charge in [-0.25, -0.2) is 0 Å². The van der Waals surface area contributed by atoms with Crippen molar-refractivity contribution in [3.05, 3.63) is 23.6 Å². The summed E-state index contributed by atoms with van der Waals surface area (Å²) < 4.78 is 0. The first-order valence-corrected chi connectivity index (χ1v) is 4.68. The van der Waals surface area contributed by atoms with E-state index in [0.29, 0.717) is 5.92 Å². The van der Waals surface area contributed by atoms with E-state index in [1.165, 1.54) is 4.91 Å². The fraction of sp³-hybridized carbons (Fsp3) is 0.500. The first kappa shape index (κ1) is 8.84. The molecular formula is C8H14N2S. The second-order valence-corrected chi connectivity index (χ2v) is 3.82. The standard InChI is InChI=1S/C8H14N2S/c1-2-3-7-4-6(5-11-7)8(9)10/h2,4,6,8H,1,3,5,9-10H2. The fourth-order valence-corrected chi connectivity index (χ4v) is 2.26. The predicted octanol–water partition coefficient (Wildman–Crippen LogP) is 1.05. The van der Waals surface area contributed by atoms with E-state index in [-0.39, 0.29) is 6.17 Å². The van der Waals surface area contributed by atoms with Crippen molar-refractivity contribution >= 4 is 11.8 Å². The van der Waals surface area contributed by atoms with Crippen molar-refractivity contribution < 1.29 is 0 Å². The maximum Gasteiger partial charge on any atom is 0.0594 e. The zero-order valence-corrected chi connectivity index (χ0v) is 7.31. The Balaban J connectivity index is 2.46. The molecule has 1 atom stereocenters. The van der Waals surface area contributed by atoms with Gasteiger partial charge in [-0.2, -0.15) is 0 Å². The lowest BCUT2D eigenvalue weighted by Gasteiger charge is -2.09. The molecule has 1 rings (SSSR count). The summed E-state index contributed by atoms with van der Waals surface area (Å²) in [7, 11) is 0. The first-order valence-electron chi connectivity index (χ1n) is 3.69. The average Bonchev–Trinajstić information content (AvgIpc) is 2.37. The van der Waals surface area contributed by atoms with Gasteiger partial charge >= 0.3 is 0 Å². The zero-order chi connectivity index (χ0) is 8.27. The quantitative estimate of drug-likeness (QED) is 0.492. The first-order chi connectivity index (χ1) is 5.24. The lowest BCUT2D eigenvalue weighted by atomic mass is 10.1. The van der Waals surface area contributed by atoms with Crippen LogP contribution in [0.3, 0.4) is 0 Å². The van der Waals surface area contributed by atoms with Crippen molar-refractivity contribution in [3.63, 3.8) is 0 Å². The summed E-state index contributed by atoms with van der Waals surface area (Å²) in [6.07, 6.45) is 4.82. The maximum absolute atomic E-state index is 5.55. The number of thioether (sulfide) groups is 1. The van der Waals surface area contributed by atoms with Gasteiger partial charge in [0.05, 0.1) is 6.17 Å². The topological polar surface area (TPSA) is 52.0 Å². The summed E-state index contributed by atoms with van der Waals surface area (Å²) >= 11 is 1.83. The van der Waals surface area contributed by atoms with E-state index in [4.69, 9.17) is 11.5 Å². The molecule has 2 nitrogen and oxygen atoms in total. The Labute approximate surface area is 71.7 Å². The Morgan fingerprint density at radius 1 is 1.82 bits per heavy atom. The molecule has 11 heavy (non-hydrogen) atoms. The molecule has 0 spiro atoms. The Kier molecular flexibility index (Phi) is 3.17. The van der Waals surface area contributed by atoms with Crippen LogP contribution in [0.1, 0.15) is 6.42 Å². The number of nitrogens with two attached hydrogens (primary N) is 2. The van der Waals surface area contributed by atoms with E-state index in [1.54, 1.807) is 0 Å². The van der Waals surface area contributed by atoms with E-state index in [1.807, 2.05) is 17.8 Å². The van der Waals surface area contributed by atoms with Crippen molar-refractivity contribution in [2.75, 3.05) is 5.75 Å². The van der Waals surface area contributed by atoms with Crippen molar-refractivity contribution in [3.8, 4) is 0 Å². The van der Waals surface area contributed by atoms with Gasteiger partial charge in [-0.15, -0.1) is 18.3 Å². The lowest BCUT2D eigenvalue weighted by Crippen LogP contribution is -2.38. The molecule has 1 heterocycles. The Morgan fingerprint density at radius 3 is 3.00 bits per heavy atom. The molecule has 0 aromatic rings. The van der Waals surface area contributed by atoms with E-state index in [2.05, 4.69) is 12.7 Å². The molecule has 0 amide bonds. The fourth-order valence-electron chi connectivity index (χ4n) is 1.03. The van der Waals surface area contributed by atoms with Gasteiger partial charge in [-0.3, -0.25) is 0 Å². The highest BCUT2D eigenvalue weighted by Gasteiger charge is 2.18. The van der Waals surface area contributed by atoms with Gasteiger partial charge in [0.2, 0.25) is 0 Å². The minimum Gasteiger partial charge on any atom is -0.316 e. The van der Waals surface area contributed by atoms with Crippen molar-refractivity contribution in [2.45, 2.75) is 12.6 Å². The molecule has 1 aliphatic rings. The average molecular weight is 170 g/mol. The van der Waals surface area contributed by atoms with Crippen LogP contribution in [-0.4, -0.2) is 11.9 Å². The summed E-state index contributed by atoms with van der Waals surface area (Å²) in [5, 5.41) is 0. The van der Waals surface area contributed by atoms with Gasteiger partial charge in [0, 0.05) is 11.7 Å². The second kappa shape index (κ2) is 3.95. The Hall–Kier alpha value is -0.250. The van der Waals surface area contributed by atoms with Crippen LogP contribution in [0.25, 0.3) is 0 Å². The highest BCUT2D eigenvalue weighted by atomic mass is 32.2. The normalized spacial score (nSPS) is 23.9. The summed E-state index contributed by atoms with van der Waals surface area (Å²) in [6.45, 7) is 3.68. The molecular weight excluding hydrogens is 156 g/mol. The third-order valence-corrected chi connectivity index (χ3v) is 2.93. The van der Waals surface area contributed by atoms with Crippen LogP contribution in [0.4, 0.5) is 0 Å². The van der Waals surface area contributed by atoms with Gasteiger partial charge in [-0.1, -0.05) is 12.2 Å². The van der Waals surface area contributed by atoms with Crippen LogP contribution in [0.15, 0.2) is 23.6 Å². The van der Waals surface area contributed by atoms with Crippen LogP contribution >= 0.6 is 11.8 Å². The molecule has 62 valence electrons. The van der Waals surface area contributed by atoms with Crippen LogP contribution in [0.2, 0.25) is 0 Å². The van der Waals surface area contributed by atoms with Gasteiger partial charge in [0.15, 0.2) is 0 Å². The minimum absolute atomic E-state index is 0.204. The zero-order valence-electron chi connectivity index (χ0n) is 6.49. The molecule has 0 fully saturated rings. The highest BCUT2D eigenvalue weighted by molar-refractivity contribution is 8.03. The third kappa shape index (κ3) is 2.36. The summed E-state index contributed by atoms with van der Waals surface area (Å²) in [6, 6.07) is 0. The number of hydrogen-bond donors (Lipinski definition) is 2. The van der Waals surface area contributed by atoms with Crippen LogP contribution in [0.5, 0.6) is 0 Å². The molecule has 0 aromatic carbocycles. The Bertz CT molecular complexity index is 175. The smallest absolute Gasteiger partial charge is 0.0594 e. The summed E-state index contributed by atoms with van der Waals surface area (Å²) in [5.74, 6) is 1.39. The molecule has 1 aliphatic heterocycles. The van der Waals surface area contributed by atoms with Crippen molar-refractivity contribution in [2.24, 2.45) is 17.4 Å². The van der Waals surface area contributed by atoms with Gasteiger partial charge < -0.3 is 11.5 Å². The molecule has 4 N–H and O–H groups in total. The lowest BCUT2D eigenvalue weighted by molar-refractivity contribution is 0.570. The molecule has 0 saturated heterocycles. The van der Waals surface area contributed by atoms with Crippen LogP contribution < -0.4 is 11.5 Å². The van der Waals surface area contributed by atoms with E-state index in [9.17, 15) is 0 Å². The minimum atomic E-state index is -0.204. The van der Waals surface area contributed by atoms with E-state index < -0.39 is 0 Å². The number of allylic oxidation sites excluding steroid dienone is 2. The van der Waals surface area contributed by atoms with Crippen LogP contribution in [0, 0.1) is 5.92 Å². The molecule has 0 radical (unpaired) electrons. The van der Waals surface area contributed by atoms with Gasteiger partial charge in [-0.05, 0) is 11.3 Å². The Morgan fingerprint density at radius 2 is 2.55 bits per heavy atom. The summed E-state index contributed by atoms with van der Waals surface area (Å²) in [5.41, 5.74) is 11.1. The highest BCUT2D eigenvalue weighted by Crippen LogP contribution is 2.31. The summed E-state index contributed by atoms with van der Waals surface area (Å²) in [4.78, 5) is 1.35. The molecule has 1 unspecified atom stereocenters. The van der Waals surface area contributed by atoms with Gasteiger partial charge in [0.1, 0.15) is 0 Å². The molecule has 0 bridgehead atoms. The number of rotatable bonds is 3. The van der Waals surface area contributed by atoms with Crippen molar-refractivity contribution in [1.82, 2.24) is 0 Å².